The Labute approximate surface area is 126 Å². The summed E-state index contributed by atoms with van der Waals surface area (Å²) in [6, 6.07) is 3.90. The lowest BCUT2D eigenvalue weighted by molar-refractivity contribution is 0.0185. The van der Waals surface area contributed by atoms with Crippen molar-refractivity contribution in [3.63, 3.8) is 0 Å². The maximum absolute atomic E-state index is 12.2. The molecular formula is C16H24N2O3. The number of nitrogens with zero attached hydrogens (tertiary/aromatic N) is 2. The molecule has 0 unspecified atom stereocenters. The number of likely N-dealkylation sites (tertiary alicyclic amines) is 1. The van der Waals surface area contributed by atoms with E-state index >= 15 is 0 Å². The number of pyridine rings is 1. The SMILES string of the molecule is Cc1cccnc1OC[C@H]1CCCN1C(=O)OC(C)(C)C. The highest BCUT2D eigenvalue weighted by Crippen LogP contribution is 2.22. The Morgan fingerprint density at radius 3 is 2.90 bits per heavy atom. The molecular weight excluding hydrogens is 268 g/mol. The third-order valence-electron chi connectivity index (χ3n) is 3.38. The Bertz CT molecular complexity index is 497. The molecule has 21 heavy (non-hydrogen) atoms. The van der Waals surface area contributed by atoms with Crippen LogP contribution in [0.1, 0.15) is 39.2 Å². The molecule has 1 aliphatic rings. The molecule has 0 N–H and O–H groups in total. The number of hydrogen-bond acceptors (Lipinski definition) is 4. The molecule has 2 heterocycles. The van der Waals surface area contributed by atoms with Gasteiger partial charge in [-0.05, 0) is 46.6 Å². The van der Waals surface area contributed by atoms with E-state index in [1.807, 2.05) is 39.8 Å². The van der Waals surface area contributed by atoms with E-state index in [0.29, 0.717) is 12.5 Å². The number of amides is 1. The molecule has 1 fully saturated rings. The first-order chi connectivity index (χ1) is 9.87. The van der Waals surface area contributed by atoms with Gasteiger partial charge in [0, 0.05) is 18.3 Å². The van der Waals surface area contributed by atoms with Gasteiger partial charge < -0.3 is 14.4 Å². The molecule has 0 bridgehead atoms. The standard InChI is InChI=1S/C16H24N2O3/c1-12-7-5-9-17-14(12)20-11-13-8-6-10-18(13)15(19)21-16(2,3)4/h5,7,9,13H,6,8,10-11H2,1-4H3/t13-/m1/s1. The van der Waals surface area contributed by atoms with E-state index in [4.69, 9.17) is 9.47 Å². The molecule has 1 saturated heterocycles. The van der Waals surface area contributed by atoms with E-state index in [9.17, 15) is 4.79 Å². The zero-order chi connectivity index (χ0) is 15.5. The second-order valence-corrected chi connectivity index (χ2v) is 6.41. The molecule has 0 radical (unpaired) electrons. The van der Waals surface area contributed by atoms with Crippen LogP contribution in [0.3, 0.4) is 0 Å². The Morgan fingerprint density at radius 1 is 1.48 bits per heavy atom. The minimum atomic E-state index is -0.470. The van der Waals surface area contributed by atoms with Crippen LogP contribution >= 0.6 is 0 Å². The van der Waals surface area contributed by atoms with Gasteiger partial charge in [-0.25, -0.2) is 9.78 Å². The quantitative estimate of drug-likeness (QED) is 0.858. The van der Waals surface area contributed by atoms with Crippen molar-refractivity contribution in [2.24, 2.45) is 0 Å². The zero-order valence-electron chi connectivity index (χ0n) is 13.3. The molecule has 1 aromatic rings. The molecule has 0 aliphatic carbocycles. The monoisotopic (exact) mass is 292 g/mol. The minimum Gasteiger partial charge on any atom is -0.475 e. The van der Waals surface area contributed by atoms with E-state index in [0.717, 1.165) is 24.9 Å². The first kappa shape index (κ1) is 15.6. The third kappa shape index (κ3) is 4.34. The normalized spacial score (nSPS) is 18.7. The van der Waals surface area contributed by atoms with Crippen molar-refractivity contribution in [1.82, 2.24) is 9.88 Å². The van der Waals surface area contributed by atoms with Crippen LogP contribution in [-0.4, -0.2) is 40.8 Å². The minimum absolute atomic E-state index is 0.0567. The molecule has 0 aromatic carbocycles. The summed E-state index contributed by atoms with van der Waals surface area (Å²) in [5.41, 5.74) is 0.530. The van der Waals surface area contributed by atoms with Gasteiger partial charge in [0.05, 0.1) is 6.04 Å². The van der Waals surface area contributed by atoms with Crippen LogP contribution in [0, 0.1) is 6.92 Å². The van der Waals surface area contributed by atoms with Crippen LogP contribution < -0.4 is 4.74 Å². The van der Waals surface area contributed by atoms with Gasteiger partial charge in [-0.1, -0.05) is 6.07 Å². The second-order valence-electron chi connectivity index (χ2n) is 6.41. The van der Waals surface area contributed by atoms with E-state index in [1.165, 1.54) is 0 Å². The first-order valence-electron chi connectivity index (χ1n) is 7.41. The van der Waals surface area contributed by atoms with E-state index in [-0.39, 0.29) is 12.1 Å². The molecule has 1 aliphatic heterocycles. The maximum Gasteiger partial charge on any atom is 0.410 e. The molecule has 5 nitrogen and oxygen atoms in total. The van der Waals surface area contributed by atoms with Gasteiger partial charge in [0.15, 0.2) is 0 Å². The smallest absolute Gasteiger partial charge is 0.410 e. The molecule has 0 spiro atoms. The predicted octanol–water partition coefficient (Wildman–Crippen LogP) is 3.17. The number of rotatable bonds is 3. The van der Waals surface area contributed by atoms with Crippen LogP contribution in [0.15, 0.2) is 18.3 Å². The van der Waals surface area contributed by atoms with Crippen LogP contribution in [0.4, 0.5) is 4.79 Å². The molecule has 1 atom stereocenters. The summed E-state index contributed by atoms with van der Waals surface area (Å²) in [7, 11) is 0. The lowest BCUT2D eigenvalue weighted by atomic mass is 10.2. The van der Waals surface area contributed by atoms with Gasteiger partial charge in [-0.2, -0.15) is 0 Å². The van der Waals surface area contributed by atoms with Crippen LogP contribution in [0.25, 0.3) is 0 Å². The van der Waals surface area contributed by atoms with Crippen molar-refractivity contribution in [3.8, 4) is 5.88 Å². The summed E-state index contributed by atoms with van der Waals surface area (Å²) in [4.78, 5) is 18.2. The van der Waals surface area contributed by atoms with Crippen molar-refractivity contribution in [2.75, 3.05) is 13.2 Å². The highest BCUT2D eigenvalue weighted by atomic mass is 16.6. The first-order valence-corrected chi connectivity index (χ1v) is 7.41. The Kier molecular flexibility index (Phi) is 4.70. The number of ether oxygens (including phenoxy) is 2. The summed E-state index contributed by atoms with van der Waals surface area (Å²) in [5, 5.41) is 0. The topological polar surface area (TPSA) is 51.7 Å². The Balaban J connectivity index is 1.93. The lowest BCUT2D eigenvalue weighted by Gasteiger charge is -2.28. The molecule has 116 valence electrons. The van der Waals surface area contributed by atoms with Gasteiger partial charge in [0.2, 0.25) is 5.88 Å². The number of carbonyl (C=O) groups is 1. The summed E-state index contributed by atoms with van der Waals surface area (Å²) in [6.07, 6.45) is 3.37. The number of aromatic nitrogens is 1. The second kappa shape index (κ2) is 6.33. The van der Waals surface area contributed by atoms with Crippen molar-refractivity contribution in [3.05, 3.63) is 23.9 Å². The highest BCUT2D eigenvalue weighted by Gasteiger charge is 2.32. The van der Waals surface area contributed by atoms with Gasteiger partial charge >= 0.3 is 6.09 Å². The maximum atomic E-state index is 12.2. The summed E-state index contributed by atoms with van der Waals surface area (Å²) in [6.45, 7) is 8.78. The molecule has 5 heteroatoms. The predicted molar refractivity (Wildman–Crippen MR) is 80.4 cm³/mol. The van der Waals surface area contributed by atoms with Gasteiger partial charge in [-0.15, -0.1) is 0 Å². The van der Waals surface area contributed by atoms with Crippen molar-refractivity contribution < 1.29 is 14.3 Å². The lowest BCUT2D eigenvalue weighted by Crippen LogP contribution is -2.42. The Morgan fingerprint density at radius 2 is 2.24 bits per heavy atom. The fraction of sp³-hybridized carbons (Fsp3) is 0.625. The van der Waals surface area contributed by atoms with Gasteiger partial charge in [-0.3, -0.25) is 0 Å². The van der Waals surface area contributed by atoms with Crippen molar-refractivity contribution >= 4 is 6.09 Å². The van der Waals surface area contributed by atoms with Crippen molar-refractivity contribution in [2.45, 2.75) is 52.2 Å². The number of hydrogen-bond donors (Lipinski definition) is 0. The van der Waals surface area contributed by atoms with E-state index in [2.05, 4.69) is 4.98 Å². The van der Waals surface area contributed by atoms with Crippen LogP contribution in [0.5, 0.6) is 5.88 Å². The summed E-state index contributed by atoms with van der Waals surface area (Å²) < 4.78 is 11.2. The Hall–Kier alpha value is -1.78. The fourth-order valence-corrected chi connectivity index (χ4v) is 2.37. The molecule has 1 aromatic heterocycles. The van der Waals surface area contributed by atoms with Gasteiger partial charge in [0.25, 0.3) is 0 Å². The van der Waals surface area contributed by atoms with E-state index in [1.54, 1.807) is 11.1 Å². The third-order valence-corrected chi connectivity index (χ3v) is 3.38. The van der Waals surface area contributed by atoms with E-state index < -0.39 is 5.60 Å². The molecule has 0 saturated carbocycles. The fourth-order valence-electron chi connectivity index (χ4n) is 2.37. The van der Waals surface area contributed by atoms with Crippen LogP contribution in [0.2, 0.25) is 0 Å². The summed E-state index contributed by atoms with van der Waals surface area (Å²) in [5.74, 6) is 0.633. The average molecular weight is 292 g/mol. The highest BCUT2D eigenvalue weighted by molar-refractivity contribution is 5.69. The zero-order valence-corrected chi connectivity index (χ0v) is 13.3. The van der Waals surface area contributed by atoms with Gasteiger partial charge in [0.1, 0.15) is 12.2 Å². The van der Waals surface area contributed by atoms with Crippen LogP contribution in [-0.2, 0) is 4.74 Å². The largest absolute Gasteiger partial charge is 0.475 e. The molecule has 2 rings (SSSR count). The molecule has 1 amide bonds. The average Bonchev–Trinajstić information content (AvgIpc) is 2.84. The number of aryl methyl sites for hydroxylation is 1. The number of carbonyl (C=O) groups excluding carboxylic acids is 1. The summed E-state index contributed by atoms with van der Waals surface area (Å²) >= 11 is 0. The van der Waals surface area contributed by atoms with Crippen molar-refractivity contribution in [1.29, 1.82) is 0 Å².